The summed E-state index contributed by atoms with van der Waals surface area (Å²) in [6.45, 7) is 5.21. The van der Waals surface area contributed by atoms with E-state index in [0.717, 1.165) is 16.0 Å². The minimum atomic E-state index is -4.00. The van der Waals surface area contributed by atoms with Crippen molar-refractivity contribution in [1.29, 1.82) is 0 Å². The molecule has 1 atom stereocenters. The molecule has 1 heterocycles. The maximum Gasteiger partial charge on any atom is 0.322 e. The number of carboxylic acids is 1. The summed E-state index contributed by atoms with van der Waals surface area (Å²) in [5.74, 6) is -1.25. The van der Waals surface area contributed by atoms with E-state index < -0.39 is 28.0 Å². The van der Waals surface area contributed by atoms with Crippen LogP contribution in [0.25, 0.3) is 17.1 Å². The number of hydrogen-bond donors (Lipinski definition) is 3. The van der Waals surface area contributed by atoms with Crippen LogP contribution in [0.4, 0.5) is 0 Å². The fourth-order valence-electron chi connectivity index (χ4n) is 2.73. The van der Waals surface area contributed by atoms with Gasteiger partial charge in [0.15, 0.2) is 0 Å². The van der Waals surface area contributed by atoms with E-state index >= 15 is 0 Å². The molecule has 3 rings (SSSR count). The maximum atomic E-state index is 12.5. The number of aromatic nitrogens is 4. The molecule has 30 heavy (non-hydrogen) atoms. The average molecular weight is 448 g/mol. The number of hydrogen-bond acceptors (Lipinski definition) is 7. The molecule has 1 unspecified atom stereocenters. The molecule has 0 amide bonds. The topological polar surface area (TPSA) is 127 Å². The van der Waals surface area contributed by atoms with Crippen LogP contribution in [0.5, 0.6) is 0 Å². The summed E-state index contributed by atoms with van der Waals surface area (Å²) in [4.78, 5) is 13.2. The normalized spacial score (nSPS) is 12.8. The van der Waals surface area contributed by atoms with Crippen LogP contribution in [-0.4, -0.2) is 45.7 Å². The first-order valence-electron chi connectivity index (χ1n) is 9.04. The molecule has 0 radical (unpaired) electrons. The van der Waals surface area contributed by atoms with Crippen molar-refractivity contribution in [2.75, 3.05) is 0 Å². The van der Waals surface area contributed by atoms with Gasteiger partial charge in [0.2, 0.25) is 15.8 Å². The molecule has 0 aliphatic heterocycles. The standard InChI is InChI=1S/C19H21N5O4S2/c1-11(2)17(19(25)26)22-30(27,28)14-7-5-13(6-8-14)24-21-18(20-23-24)15-9-4-12(3)10-16(15)29/h4-11,17,22,29H,1-3H3,(H,25,26). The lowest BCUT2D eigenvalue weighted by molar-refractivity contribution is -0.140. The van der Waals surface area contributed by atoms with Crippen molar-refractivity contribution in [2.24, 2.45) is 5.92 Å². The second-order valence-electron chi connectivity index (χ2n) is 7.10. The van der Waals surface area contributed by atoms with E-state index in [2.05, 4.69) is 32.8 Å². The van der Waals surface area contributed by atoms with Gasteiger partial charge in [0.25, 0.3) is 0 Å². The summed E-state index contributed by atoms with van der Waals surface area (Å²) in [5.41, 5.74) is 2.29. The third-order valence-electron chi connectivity index (χ3n) is 4.40. The van der Waals surface area contributed by atoms with Crippen molar-refractivity contribution in [1.82, 2.24) is 24.9 Å². The van der Waals surface area contributed by atoms with Crippen molar-refractivity contribution in [3.8, 4) is 17.1 Å². The maximum absolute atomic E-state index is 12.5. The van der Waals surface area contributed by atoms with Crippen molar-refractivity contribution < 1.29 is 18.3 Å². The third kappa shape index (κ3) is 4.69. The highest BCUT2D eigenvalue weighted by atomic mass is 32.2. The van der Waals surface area contributed by atoms with E-state index in [-0.39, 0.29) is 4.90 Å². The smallest absolute Gasteiger partial charge is 0.322 e. The highest BCUT2D eigenvalue weighted by Crippen LogP contribution is 2.24. The van der Waals surface area contributed by atoms with Gasteiger partial charge in [0.05, 0.1) is 10.6 Å². The Balaban J connectivity index is 1.84. The Kier molecular flexibility index (Phi) is 6.25. The summed E-state index contributed by atoms with van der Waals surface area (Å²) < 4.78 is 27.3. The number of rotatable bonds is 7. The molecule has 0 saturated carbocycles. The number of nitrogens with zero attached hydrogens (tertiary/aromatic N) is 4. The van der Waals surface area contributed by atoms with Crippen molar-refractivity contribution in [2.45, 2.75) is 36.6 Å². The largest absolute Gasteiger partial charge is 0.480 e. The molecule has 2 N–H and O–H groups in total. The first-order valence-corrected chi connectivity index (χ1v) is 11.0. The number of sulfonamides is 1. The van der Waals surface area contributed by atoms with Gasteiger partial charge < -0.3 is 5.11 Å². The summed E-state index contributed by atoms with van der Waals surface area (Å²) >= 11 is 4.44. The Labute approximate surface area is 179 Å². The van der Waals surface area contributed by atoms with Gasteiger partial charge in [-0.2, -0.15) is 4.72 Å². The lowest BCUT2D eigenvalue weighted by atomic mass is 10.1. The Hall–Kier alpha value is -2.76. The number of aryl methyl sites for hydroxylation is 1. The van der Waals surface area contributed by atoms with E-state index in [1.54, 1.807) is 13.8 Å². The summed E-state index contributed by atoms with van der Waals surface area (Å²) in [7, 11) is -4.00. The lowest BCUT2D eigenvalue weighted by Gasteiger charge is -2.18. The lowest BCUT2D eigenvalue weighted by Crippen LogP contribution is -2.44. The van der Waals surface area contributed by atoms with Gasteiger partial charge in [-0.1, -0.05) is 19.9 Å². The number of nitrogens with one attached hydrogen (secondary N) is 1. The average Bonchev–Trinajstić information content (AvgIpc) is 3.15. The van der Waals surface area contributed by atoms with E-state index in [1.807, 2.05) is 25.1 Å². The van der Waals surface area contributed by atoms with Gasteiger partial charge in [0.1, 0.15) is 6.04 Å². The second kappa shape index (κ2) is 8.54. The number of aliphatic carboxylic acids is 1. The highest BCUT2D eigenvalue weighted by molar-refractivity contribution is 7.89. The monoisotopic (exact) mass is 447 g/mol. The van der Waals surface area contributed by atoms with Crippen LogP contribution in [0.15, 0.2) is 52.3 Å². The number of thiol groups is 1. The molecule has 11 heteroatoms. The molecule has 0 fully saturated rings. The molecule has 2 aromatic carbocycles. The molecule has 9 nitrogen and oxygen atoms in total. The molecule has 158 valence electrons. The SMILES string of the molecule is Cc1ccc(-c2nnn(-c3ccc(S(=O)(=O)NC(C(=O)O)C(C)C)cc3)n2)c(S)c1. The molecule has 0 aliphatic rings. The van der Waals surface area contributed by atoms with Crippen molar-refractivity contribution >= 4 is 28.6 Å². The molecular weight excluding hydrogens is 426 g/mol. The Morgan fingerprint density at radius 3 is 2.40 bits per heavy atom. The highest BCUT2D eigenvalue weighted by Gasteiger charge is 2.28. The Bertz CT molecular complexity index is 1170. The van der Waals surface area contributed by atoms with Crippen molar-refractivity contribution in [3.05, 3.63) is 48.0 Å². The van der Waals surface area contributed by atoms with Gasteiger partial charge in [-0.15, -0.1) is 27.6 Å². The molecular formula is C19H21N5O4S2. The van der Waals surface area contributed by atoms with E-state index in [0.29, 0.717) is 11.5 Å². The van der Waals surface area contributed by atoms with Crippen LogP contribution in [0.1, 0.15) is 19.4 Å². The minimum Gasteiger partial charge on any atom is -0.480 e. The van der Waals surface area contributed by atoms with Gasteiger partial charge in [0, 0.05) is 10.5 Å². The zero-order valence-electron chi connectivity index (χ0n) is 16.5. The van der Waals surface area contributed by atoms with E-state index in [9.17, 15) is 18.3 Å². The Morgan fingerprint density at radius 1 is 1.17 bits per heavy atom. The number of benzene rings is 2. The van der Waals surface area contributed by atoms with Crippen LogP contribution in [0, 0.1) is 12.8 Å². The van der Waals surface area contributed by atoms with Gasteiger partial charge in [-0.05, 0) is 60.0 Å². The number of carboxylic acid groups (broad SMARTS) is 1. The molecule has 0 bridgehead atoms. The van der Waals surface area contributed by atoms with E-state index in [1.165, 1.54) is 29.1 Å². The summed E-state index contributed by atoms with van der Waals surface area (Å²) in [6.07, 6.45) is 0. The molecule has 3 aromatic rings. The van der Waals surface area contributed by atoms with Crippen LogP contribution >= 0.6 is 12.6 Å². The van der Waals surface area contributed by atoms with Crippen LogP contribution in [0.2, 0.25) is 0 Å². The van der Waals surface area contributed by atoms with Gasteiger partial charge >= 0.3 is 5.97 Å². The minimum absolute atomic E-state index is 0.0605. The fourth-order valence-corrected chi connectivity index (χ4v) is 4.44. The predicted octanol–water partition coefficient (Wildman–Crippen LogP) is 2.31. The summed E-state index contributed by atoms with van der Waals surface area (Å²) in [6, 6.07) is 10.2. The quantitative estimate of drug-likeness (QED) is 0.474. The molecule has 1 aromatic heterocycles. The molecule has 0 saturated heterocycles. The zero-order valence-corrected chi connectivity index (χ0v) is 18.2. The first-order chi connectivity index (χ1) is 14.1. The predicted molar refractivity (Wildman–Crippen MR) is 113 cm³/mol. The van der Waals surface area contributed by atoms with Gasteiger partial charge in [-0.25, -0.2) is 8.42 Å². The number of carbonyl (C=O) groups is 1. The van der Waals surface area contributed by atoms with Crippen LogP contribution in [0.3, 0.4) is 0 Å². The third-order valence-corrected chi connectivity index (χ3v) is 6.23. The fraction of sp³-hybridized carbons (Fsp3) is 0.263. The zero-order chi connectivity index (χ0) is 22.1. The molecule has 0 aliphatic carbocycles. The number of tetrazole rings is 1. The summed E-state index contributed by atoms with van der Waals surface area (Å²) in [5, 5.41) is 21.6. The molecule has 0 spiro atoms. The van der Waals surface area contributed by atoms with E-state index in [4.69, 9.17) is 0 Å². The van der Waals surface area contributed by atoms with Gasteiger partial charge in [-0.3, -0.25) is 4.79 Å². The van der Waals surface area contributed by atoms with Crippen molar-refractivity contribution in [3.63, 3.8) is 0 Å². The van der Waals surface area contributed by atoms with Crippen LogP contribution in [-0.2, 0) is 14.8 Å². The first kappa shape index (κ1) is 21.9. The second-order valence-corrected chi connectivity index (χ2v) is 9.29. The van der Waals surface area contributed by atoms with Crippen LogP contribution < -0.4 is 4.72 Å². The Morgan fingerprint density at radius 2 is 1.83 bits per heavy atom.